The minimum absolute atomic E-state index is 0.114. The molecule has 0 saturated heterocycles. The van der Waals surface area contributed by atoms with E-state index in [2.05, 4.69) is 0 Å². The maximum Gasteiger partial charge on any atom is 0.233 e. The molecule has 0 radical (unpaired) electrons. The average Bonchev–Trinajstić information content (AvgIpc) is 2.38. The number of rotatable bonds is 6. The van der Waals surface area contributed by atoms with Gasteiger partial charge in [0.15, 0.2) is 0 Å². The van der Waals surface area contributed by atoms with Crippen LogP contribution < -0.4 is 0 Å². The first kappa shape index (κ1) is 15.7. The number of hydrogen-bond acceptors (Lipinski definition) is 2. The van der Waals surface area contributed by atoms with Crippen LogP contribution in [-0.2, 0) is 16.0 Å². The van der Waals surface area contributed by atoms with E-state index in [1.165, 1.54) is 6.92 Å². The minimum Gasteiger partial charge on any atom is -0.343 e. The van der Waals surface area contributed by atoms with Gasteiger partial charge in [0, 0.05) is 18.1 Å². The topological polar surface area (TPSA) is 37.4 Å². The first-order chi connectivity index (χ1) is 9.01. The van der Waals surface area contributed by atoms with E-state index in [1.807, 2.05) is 32.0 Å². The molecule has 104 valence electrons. The molecule has 0 heterocycles. The molecule has 0 aromatic heterocycles. The number of nitrogens with zero attached hydrogens (tertiary/aromatic N) is 1. The van der Waals surface area contributed by atoms with Crippen LogP contribution in [0.25, 0.3) is 0 Å². The lowest BCUT2D eigenvalue weighted by atomic mass is 9.94. The van der Waals surface area contributed by atoms with Gasteiger partial charge in [0.2, 0.25) is 5.91 Å². The molecule has 0 fully saturated rings. The van der Waals surface area contributed by atoms with Crippen LogP contribution >= 0.6 is 11.6 Å². The molecule has 0 saturated carbocycles. The molecule has 1 aromatic carbocycles. The van der Waals surface area contributed by atoms with Crippen LogP contribution in [0.3, 0.4) is 0 Å². The maximum absolute atomic E-state index is 12.3. The fraction of sp³-hybridized carbons (Fsp3) is 0.467. The van der Waals surface area contributed by atoms with E-state index in [4.69, 9.17) is 11.6 Å². The van der Waals surface area contributed by atoms with E-state index in [0.717, 1.165) is 5.56 Å². The van der Waals surface area contributed by atoms with Crippen molar-refractivity contribution >= 4 is 23.3 Å². The molecule has 1 rings (SSSR count). The van der Waals surface area contributed by atoms with Crippen molar-refractivity contribution in [3.8, 4) is 0 Å². The van der Waals surface area contributed by atoms with Gasteiger partial charge in [-0.05, 0) is 38.8 Å². The molecular formula is C15H20ClNO2. The van der Waals surface area contributed by atoms with Gasteiger partial charge in [-0.3, -0.25) is 9.59 Å². The average molecular weight is 282 g/mol. The molecule has 0 unspecified atom stereocenters. The molecule has 0 aliphatic rings. The predicted octanol–water partition coefficient (Wildman–Crippen LogP) is 2.96. The van der Waals surface area contributed by atoms with Crippen LogP contribution in [0, 0.1) is 5.92 Å². The highest BCUT2D eigenvalue weighted by Gasteiger charge is 2.27. The first-order valence-corrected chi connectivity index (χ1v) is 6.91. The highest BCUT2D eigenvalue weighted by Crippen LogP contribution is 2.20. The summed E-state index contributed by atoms with van der Waals surface area (Å²) < 4.78 is 0. The van der Waals surface area contributed by atoms with Gasteiger partial charge in [0.25, 0.3) is 0 Å². The van der Waals surface area contributed by atoms with Gasteiger partial charge < -0.3 is 4.90 Å². The quantitative estimate of drug-likeness (QED) is 0.752. The Bertz CT molecular complexity index is 455. The van der Waals surface area contributed by atoms with Gasteiger partial charge in [-0.1, -0.05) is 29.8 Å². The van der Waals surface area contributed by atoms with Crippen LogP contribution in [0.4, 0.5) is 0 Å². The summed E-state index contributed by atoms with van der Waals surface area (Å²) in [6.07, 6.45) is 0.365. The number of amides is 1. The van der Waals surface area contributed by atoms with Crippen molar-refractivity contribution < 1.29 is 9.59 Å². The second-order valence-corrected chi connectivity index (χ2v) is 4.88. The summed E-state index contributed by atoms with van der Waals surface area (Å²) in [5, 5.41) is 0.598. The van der Waals surface area contributed by atoms with Crippen molar-refractivity contribution in [1.82, 2.24) is 4.90 Å². The Labute approximate surface area is 119 Å². The number of Topliss-reactive ketones (excluding diaryl/α,β-unsaturated/α-hetero) is 1. The van der Waals surface area contributed by atoms with Crippen molar-refractivity contribution in [1.29, 1.82) is 0 Å². The number of benzene rings is 1. The zero-order valence-corrected chi connectivity index (χ0v) is 12.4. The molecule has 4 heteroatoms. The number of ketones is 1. The van der Waals surface area contributed by atoms with Gasteiger partial charge >= 0.3 is 0 Å². The van der Waals surface area contributed by atoms with Gasteiger partial charge in [0.05, 0.1) is 0 Å². The molecule has 1 amide bonds. The summed E-state index contributed by atoms with van der Waals surface area (Å²) >= 11 is 6.09. The Morgan fingerprint density at radius 1 is 1.21 bits per heavy atom. The zero-order chi connectivity index (χ0) is 14.4. The van der Waals surface area contributed by atoms with Gasteiger partial charge in [-0.2, -0.15) is 0 Å². The van der Waals surface area contributed by atoms with Crippen molar-refractivity contribution in [2.24, 2.45) is 5.92 Å². The van der Waals surface area contributed by atoms with Crippen LogP contribution in [0.5, 0.6) is 0 Å². The Morgan fingerprint density at radius 3 is 2.26 bits per heavy atom. The lowest BCUT2D eigenvalue weighted by molar-refractivity contribution is -0.140. The zero-order valence-electron chi connectivity index (χ0n) is 11.6. The fourth-order valence-electron chi connectivity index (χ4n) is 2.04. The lowest BCUT2D eigenvalue weighted by Crippen LogP contribution is -2.39. The normalized spacial score (nSPS) is 12.0. The summed E-state index contributed by atoms with van der Waals surface area (Å²) in [5.74, 6) is -0.867. The third-order valence-corrected chi connectivity index (χ3v) is 3.61. The summed E-state index contributed by atoms with van der Waals surface area (Å²) in [4.78, 5) is 25.8. The Balaban J connectivity index is 2.94. The maximum atomic E-state index is 12.3. The van der Waals surface area contributed by atoms with Crippen LogP contribution in [0.2, 0.25) is 5.02 Å². The monoisotopic (exact) mass is 281 g/mol. The molecule has 0 aliphatic heterocycles. The summed E-state index contributed by atoms with van der Waals surface area (Å²) in [6, 6.07) is 7.32. The number of hydrogen-bond donors (Lipinski definition) is 0. The van der Waals surface area contributed by atoms with E-state index < -0.39 is 5.92 Å². The number of carbonyl (C=O) groups excluding carboxylic acids is 2. The molecule has 0 aliphatic carbocycles. The van der Waals surface area contributed by atoms with Crippen LogP contribution in [0.15, 0.2) is 24.3 Å². The minimum atomic E-state index is -0.639. The Kier molecular flexibility index (Phi) is 6.03. The molecule has 0 N–H and O–H groups in total. The van der Waals surface area contributed by atoms with Gasteiger partial charge in [-0.15, -0.1) is 0 Å². The molecule has 19 heavy (non-hydrogen) atoms. The third kappa shape index (κ3) is 4.06. The van der Waals surface area contributed by atoms with E-state index >= 15 is 0 Å². The fourth-order valence-corrected chi connectivity index (χ4v) is 2.26. The van der Waals surface area contributed by atoms with Crippen molar-refractivity contribution in [3.05, 3.63) is 34.9 Å². The molecule has 1 aromatic rings. The van der Waals surface area contributed by atoms with Crippen LogP contribution in [0.1, 0.15) is 26.3 Å². The Hall–Kier alpha value is -1.35. The standard InChI is InChI=1S/C15H20ClNO2/c1-4-17(5-2)15(19)13(11(3)18)10-12-8-6-7-9-14(12)16/h6-9,13H,4-5,10H2,1-3H3/t13-/m0/s1. The van der Waals surface area contributed by atoms with Crippen molar-refractivity contribution in [2.45, 2.75) is 27.2 Å². The van der Waals surface area contributed by atoms with E-state index in [9.17, 15) is 9.59 Å². The first-order valence-electron chi connectivity index (χ1n) is 6.53. The summed E-state index contributed by atoms with van der Waals surface area (Å²) in [5.41, 5.74) is 0.838. The highest BCUT2D eigenvalue weighted by atomic mass is 35.5. The molecule has 0 bridgehead atoms. The van der Waals surface area contributed by atoms with Crippen molar-refractivity contribution in [3.63, 3.8) is 0 Å². The largest absolute Gasteiger partial charge is 0.343 e. The SMILES string of the molecule is CCN(CC)C(=O)[C@@H](Cc1ccccc1Cl)C(C)=O. The molecule has 1 atom stereocenters. The Morgan fingerprint density at radius 2 is 1.79 bits per heavy atom. The van der Waals surface area contributed by atoms with Crippen LogP contribution in [-0.4, -0.2) is 29.7 Å². The predicted molar refractivity (Wildman–Crippen MR) is 77.3 cm³/mol. The van der Waals surface area contributed by atoms with E-state index in [1.54, 1.807) is 11.0 Å². The van der Waals surface area contributed by atoms with Crippen molar-refractivity contribution in [2.75, 3.05) is 13.1 Å². The highest BCUT2D eigenvalue weighted by molar-refractivity contribution is 6.31. The smallest absolute Gasteiger partial charge is 0.233 e. The van der Waals surface area contributed by atoms with Gasteiger partial charge in [0.1, 0.15) is 11.7 Å². The summed E-state index contributed by atoms with van der Waals surface area (Å²) in [7, 11) is 0. The van der Waals surface area contributed by atoms with E-state index in [-0.39, 0.29) is 11.7 Å². The second kappa shape index (κ2) is 7.29. The number of carbonyl (C=O) groups is 2. The third-order valence-electron chi connectivity index (χ3n) is 3.25. The lowest BCUT2D eigenvalue weighted by Gasteiger charge is -2.24. The van der Waals surface area contributed by atoms with E-state index in [0.29, 0.717) is 24.5 Å². The second-order valence-electron chi connectivity index (χ2n) is 4.47. The molecular weight excluding hydrogens is 262 g/mol. The molecule has 3 nitrogen and oxygen atoms in total. The number of halogens is 1. The van der Waals surface area contributed by atoms with Gasteiger partial charge in [-0.25, -0.2) is 0 Å². The summed E-state index contributed by atoms with van der Waals surface area (Å²) in [6.45, 7) is 6.51. The molecule has 0 spiro atoms.